The third-order valence-corrected chi connectivity index (χ3v) is 18.3. The van der Waals surface area contributed by atoms with E-state index in [-0.39, 0.29) is 0 Å². The van der Waals surface area contributed by atoms with Crippen LogP contribution >= 0.6 is 0 Å². The molecule has 288 valence electrons. The first-order valence-corrected chi connectivity index (χ1v) is 24.0. The van der Waals surface area contributed by atoms with Crippen LogP contribution in [0.3, 0.4) is 0 Å². The minimum absolute atomic E-state index is 0.664. The zero-order chi connectivity index (χ0) is 40.0. The van der Waals surface area contributed by atoms with E-state index in [1.165, 1.54) is 0 Å². The first-order valence-electron chi connectivity index (χ1n) is 20.2. The Bertz CT molecular complexity index is 2170. The Labute approximate surface area is 350 Å². The molecule has 8 rings (SSSR count). The SMILES string of the molecule is c1ccc(/C(CCC/C(=N\O[Si](c2ccccc2)(c2ccccc2)c2ccccc2)c2ccccc2)=N\O[Si](c2ccccc2)(c2ccccc2)c2ccccc2)cc1. The number of rotatable bonds is 16. The van der Waals surface area contributed by atoms with Crippen molar-refractivity contribution in [3.05, 3.63) is 254 Å². The molecule has 0 aliphatic heterocycles. The van der Waals surface area contributed by atoms with E-state index < -0.39 is 16.6 Å². The van der Waals surface area contributed by atoms with Crippen LogP contribution in [0.4, 0.5) is 0 Å². The molecule has 8 aromatic rings. The Morgan fingerprint density at radius 2 is 0.492 bits per heavy atom. The third kappa shape index (κ3) is 8.70. The van der Waals surface area contributed by atoms with E-state index in [0.29, 0.717) is 12.8 Å². The second-order valence-corrected chi connectivity index (χ2v) is 21.0. The summed E-state index contributed by atoms with van der Waals surface area (Å²) in [6.07, 6.45) is 2.09. The van der Waals surface area contributed by atoms with E-state index in [4.69, 9.17) is 19.4 Å². The molecule has 0 saturated heterocycles. The van der Waals surface area contributed by atoms with Gasteiger partial charge in [0, 0.05) is 0 Å². The van der Waals surface area contributed by atoms with Crippen LogP contribution in [-0.4, -0.2) is 28.1 Å². The second kappa shape index (κ2) is 19.1. The summed E-state index contributed by atoms with van der Waals surface area (Å²) in [5, 5.41) is 17.2. The van der Waals surface area contributed by atoms with Crippen LogP contribution < -0.4 is 31.1 Å². The van der Waals surface area contributed by atoms with Crippen LogP contribution in [0, 0.1) is 0 Å². The van der Waals surface area contributed by atoms with Crippen molar-refractivity contribution >= 4 is 59.2 Å². The van der Waals surface area contributed by atoms with Gasteiger partial charge in [-0.1, -0.05) is 243 Å². The molecule has 0 saturated carbocycles. The van der Waals surface area contributed by atoms with Crippen LogP contribution in [0.2, 0.25) is 0 Å². The molecule has 0 unspecified atom stereocenters. The van der Waals surface area contributed by atoms with Crippen molar-refractivity contribution in [2.24, 2.45) is 10.3 Å². The number of hydrogen-bond acceptors (Lipinski definition) is 4. The lowest BCUT2D eigenvalue weighted by molar-refractivity contribution is 0.346. The van der Waals surface area contributed by atoms with Crippen LogP contribution in [0.1, 0.15) is 30.4 Å². The van der Waals surface area contributed by atoms with E-state index in [9.17, 15) is 0 Å². The molecule has 0 amide bonds. The molecule has 59 heavy (non-hydrogen) atoms. The molecule has 0 bridgehead atoms. The molecule has 0 aliphatic rings. The van der Waals surface area contributed by atoms with Gasteiger partial charge in [0.2, 0.25) is 0 Å². The monoisotopic (exact) mass is 798 g/mol. The first kappa shape index (κ1) is 39.0. The van der Waals surface area contributed by atoms with E-state index >= 15 is 0 Å². The summed E-state index contributed by atoms with van der Waals surface area (Å²) in [7, 11) is -6.18. The highest BCUT2D eigenvalue weighted by Crippen LogP contribution is 2.18. The van der Waals surface area contributed by atoms with Gasteiger partial charge in [-0.3, -0.25) is 0 Å². The minimum atomic E-state index is -3.09. The molecule has 6 heteroatoms. The van der Waals surface area contributed by atoms with Crippen LogP contribution in [0.15, 0.2) is 253 Å². The molecule has 0 heterocycles. The normalized spacial score (nSPS) is 12.1. The van der Waals surface area contributed by atoms with Gasteiger partial charge < -0.3 is 9.05 Å². The van der Waals surface area contributed by atoms with Gasteiger partial charge in [-0.15, -0.1) is 10.3 Å². The van der Waals surface area contributed by atoms with Crippen molar-refractivity contribution in [1.29, 1.82) is 0 Å². The lowest BCUT2D eigenvalue weighted by atomic mass is 10.0. The van der Waals surface area contributed by atoms with Crippen LogP contribution in [0.25, 0.3) is 0 Å². The summed E-state index contributed by atoms with van der Waals surface area (Å²) in [5.74, 6) is 0. The van der Waals surface area contributed by atoms with Gasteiger partial charge in [0.15, 0.2) is 0 Å². The maximum Gasteiger partial charge on any atom is 0.380 e. The number of hydrogen-bond donors (Lipinski definition) is 0. The molecular weight excluding hydrogens is 753 g/mol. The molecule has 0 spiro atoms. The Balaban J connectivity index is 1.17. The average Bonchev–Trinajstić information content (AvgIpc) is 3.33. The average molecular weight is 799 g/mol. The smallest absolute Gasteiger partial charge is 0.380 e. The van der Waals surface area contributed by atoms with Crippen molar-refractivity contribution in [1.82, 2.24) is 0 Å². The van der Waals surface area contributed by atoms with E-state index in [1.807, 2.05) is 12.1 Å². The van der Waals surface area contributed by atoms with Gasteiger partial charge in [-0.05, 0) is 61.5 Å². The van der Waals surface area contributed by atoms with Crippen molar-refractivity contribution in [3.63, 3.8) is 0 Å². The molecule has 0 N–H and O–H groups in total. The van der Waals surface area contributed by atoms with Gasteiger partial charge in [0.25, 0.3) is 0 Å². The van der Waals surface area contributed by atoms with Gasteiger partial charge in [0.1, 0.15) is 0 Å². The molecule has 0 atom stereocenters. The summed E-state index contributed by atoms with van der Waals surface area (Å²) < 4.78 is 14.3. The zero-order valence-electron chi connectivity index (χ0n) is 32.9. The quantitative estimate of drug-likeness (QED) is 0.0428. The second-order valence-electron chi connectivity index (χ2n) is 14.4. The molecule has 0 aromatic heterocycles. The topological polar surface area (TPSA) is 43.2 Å². The zero-order valence-corrected chi connectivity index (χ0v) is 34.9. The summed E-state index contributed by atoms with van der Waals surface area (Å²) in [4.78, 5) is 0. The minimum Gasteiger partial charge on any atom is -0.438 e. The fraction of sp³-hybridized carbons (Fsp3) is 0.0566. The molecule has 4 nitrogen and oxygen atoms in total. The lowest BCUT2D eigenvalue weighted by Gasteiger charge is -2.30. The van der Waals surface area contributed by atoms with E-state index in [0.717, 1.165) is 60.1 Å². The van der Waals surface area contributed by atoms with Gasteiger partial charge in [-0.2, -0.15) is 0 Å². The van der Waals surface area contributed by atoms with Crippen LogP contribution in [0.5, 0.6) is 0 Å². The maximum absolute atomic E-state index is 7.16. The summed E-state index contributed by atoms with van der Waals surface area (Å²) in [6, 6.07) is 84.3. The predicted molar refractivity (Wildman–Crippen MR) is 250 cm³/mol. The van der Waals surface area contributed by atoms with Crippen LogP contribution in [-0.2, 0) is 9.05 Å². The highest BCUT2D eigenvalue weighted by atomic mass is 28.4. The first-order chi connectivity index (χ1) is 29.3. The number of benzene rings is 8. The Hall–Kier alpha value is -6.87. The van der Waals surface area contributed by atoms with Crippen molar-refractivity contribution < 1.29 is 9.05 Å². The van der Waals surface area contributed by atoms with Crippen molar-refractivity contribution in [2.75, 3.05) is 0 Å². The largest absolute Gasteiger partial charge is 0.438 e. The highest BCUT2D eigenvalue weighted by Gasteiger charge is 2.46. The molecule has 0 aliphatic carbocycles. The molecule has 0 fully saturated rings. The fourth-order valence-corrected chi connectivity index (χ4v) is 14.9. The van der Waals surface area contributed by atoms with Crippen molar-refractivity contribution in [2.45, 2.75) is 19.3 Å². The summed E-state index contributed by atoms with van der Waals surface area (Å²) in [6.45, 7) is 0. The number of nitrogens with zero attached hydrogens (tertiary/aromatic N) is 2. The predicted octanol–water partition coefficient (Wildman–Crippen LogP) is 8.33. The van der Waals surface area contributed by atoms with Gasteiger partial charge in [-0.25, -0.2) is 0 Å². The van der Waals surface area contributed by atoms with Gasteiger partial charge >= 0.3 is 16.6 Å². The summed E-state index contributed by atoms with van der Waals surface area (Å²) >= 11 is 0. The standard InChI is InChI=1S/C53H46N2O2Si2/c1-9-26-44(27-10-1)52(54-56-58(46-30-13-3-14-31-46,47-32-15-4-16-33-47)48-34-17-5-18-35-48)42-25-43-53(45-28-11-2-12-29-45)55-57-59(49-36-19-6-20-37-49,50-38-21-7-22-39-50)51-40-23-8-24-41-51/h1-24,26-41H,25,42-43H2/b54-52-,55-53+. The Morgan fingerprint density at radius 3 is 0.712 bits per heavy atom. The molecule has 0 radical (unpaired) electrons. The van der Waals surface area contributed by atoms with Gasteiger partial charge in [0.05, 0.1) is 11.4 Å². The van der Waals surface area contributed by atoms with Crippen molar-refractivity contribution in [3.8, 4) is 0 Å². The number of oxime groups is 2. The lowest BCUT2D eigenvalue weighted by Crippen LogP contribution is -2.68. The van der Waals surface area contributed by atoms with E-state index in [1.54, 1.807) is 0 Å². The maximum atomic E-state index is 7.16. The molecular formula is C53H46N2O2Si2. The Morgan fingerprint density at radius 1 is 0.288 bits per heavy atom. The molecule has 8 aromatic carbocycles. The summed E-state index contributed by atoms with van der Waals surface area (Å²) in [5.41, 5.74) is 3.84. The Kier molecular flexibility index (Phi) is 12.6. The third-order valence-electron chi connectivity index (χ3n) is 10.7. The fourth-order valence-electron chi connectivity index (χ4n) is 7.77. The van der Waals surface area contributed by atoms with E-state index in [2.05, 4.69) is 231 Å². The highest BCUT2D eigenvalue weighted by molar-refractivity contribution is 7.07.